The van der Waals surface area contributed by atoms with E-state index in [1.54, 1.807) is 0 Å². The molecule has 0 aromatic heterocycles. The Morgan fingerprint density at radius 1 is 1.20 bits per heavy atom. The topological polar surface area (TPSA) is 29.3 Å². The lowest BCUT2D eigenvalue weighted by Gasteiger charge is -2.25. The number of anilines is 1. The highest BCUT2D eigenvalue weighted by Crippen LogP contribution is 2.32. The lowest BCUT2D eigenvalue weighted by atomic mass is 9.89. The van der Waals surface area contributed by atoms with Gasteiger partial charge in [0.2, 0.25) is 0 Å². The van der Waals surface area contributed by atoms with Gasteiger partial charge in [-0.2, -0.15) is 0 Å². The van der Waals surface area contributed by atoms with Crippen molar-refractivity contribution in [2.45, 2.75) is 46.1 Å². The summed E-state index contributed by atoms with van der Waals surface area (Å²) >= 11 is 3.72. The lowest BCUT2D eigenvalue weighted by Crippen LogP contribution is -2.25. The van der Waals surface area contributed by atoms with Crippen LogP contribution in [0, 0.1) is 11.8 Å². The number of rotatable bonds is 3. The molecular weight excluding hydrogens is 312 g/mol. The Morgan fingerprint density at radius 3 is 2.55 bits per heavy atom. The molecule has 2 atom stereocenters. The third-order valence-corrected chi connectivity index (χ3v) is 5.19. The van der Waals surface area contributed by atoms with Crippen LogP contribution in [0.1, 0.15) is 51.6 Å². The van der Waals surface area contributed by atoms with Crippen LogP contribution >= 0.6 is 15.9 Å². The minimum Gasteiger partial charge on any atom is -0.371 e. The maximum Gasteiger partial charge on any atom is 0.0510 e. The van der Waals surface area contributed by atoms with Gasteiger partial charge in [-0.15, -0.1) is 0 Å². The number of benzene rings is 1. The predicted octanol–water partition coefficient (Wildman–Crippen LogP) is 4.73. The molecule has 1 aromatic carbocycles. The summed E-state index contributed by atoms with van der Waals surface area (Å²) in [4.78, 5) is 2.53. The van der Waals surface area contributed by atoms with Gasteiger partial charge in [-0.3, -0.25) is 0 Å². The molecule has 2 N–H and O–H groups in total. The second kappa shape index (κ2) is 6.95. The molecule has 1 fully saturated rings. The Labute approximate surface area is 131 Å². The molecule has 0 radical (unpaired) electrons. The van der Waals surface area contributed by atoms with Gasteiger partial charge < -0.3 is 10.6 Å². The first-order chi connectivity index (χ1) is 9.49. The van der Waals surface area contributed by atoms with Crippen LogP contribution in [-0.4, -0.2) is 13.1 Å². The molecule has 0 aliphatic carbocycles. The van der Waals surface area contributed by atoms with Crippen LogP contribution in [0.5, 0.6) is 0 Å². The van der Waals surface area contributed by atoms with Crippen LogP contribution in [-0.2, 0) is 0 Å². The maximum atomic E-state index is 5.95. The van der Waals surface area contributed by atoms with Gasteiger partial charge in [-0.1, -0.05) is 19.9 Å². The van der Waals surface area contributed by atoms with Crippen molar-refractivity contribution in [3.8, 4) is 0 Å². The maximum absolute atomic E-state index is 5.95. The van der Waals surface area contributed by atoms with E-state index in [0.717, 1.165) is 11.8 Å². The molecule has 20 heavy (non-hydrogen) atoms. The Bertz CT molecular complexity index is 443. The highest BCUT2D eigenvalue weighted by molar-refractivity contribution is 9.10. The summed E-state index contributed by atoms with van der Waals surface area (Å²) in [7, 11) is 0. The van der Waals surface area contributed by atoms with Crippen LogP contribution in [0.2, 0.25) is 0 Å². The first-order valence-corrected chi connectivity index (χ1v) is 8.58. The fraction of sp³-hybridized carbons (Fsp3) is 0.647. The fourth-order valence-corrected chi connectivity index (χ4v) is 3.74. The van der Waals surface area contributed by atoms with Gasteiger partial charge in [-0.05, 0) is 71.6 Å². The van der Waals surface area contributed by atoms with E-state index < -0.39 is 0 Å². The van der Waals surface area contributed by atoms with Crippen molar-refractivity contribution in [1.29, 1.82) is 0 Å². The van der Waals surface area contributed by atoms with Crippen LogP contribution in [0.25, 0.3) is 0 Å². The monoisotopic (exact) mass is 338 g/mol. The predicted molar refractivity (Wildman–Crippen MR) is 91.1 cm³/mol. The standard InChI is InChI=1S/C17H27BrN2/c1-12(2)14-5-4-9-20(10-8-14)17-7-6-15(13(3)19)11-16(17)18/h6-7,11-14H,4-5,8-10,19H2,1-3H3/t13-,14?/m1/s1. The zero-order valence-corrected chi connectivity index (χ0v) is 14.5. The molecule has 1 heterocycles. The van der Waals surface area contributed by atoms with E-state index in [1.807, 2.05) is 6.92 Å². The van der Waals surface area contributed by atoms with Gasteiger partial charge in [0.25, 0.3) is 0 Å². The number of hydrogen-bond donors (Lipinski definition) is 1. The third-order valence-electron chi connectivity index (χ3n) is 4.55. The molecule has 0 saturated carbocycles. The highest BCUT2D eigenvalue weighted by Gasteiger charge is 2.20. The summed E-state index contributed by atoms with van der Waals surface area (Å²) in [6.45, 7) is 9.07. The van der Waals surface area contributed by atoms with Gasteiger partial charge in [0, 0.05) is 23.6 Å². The molecule has 1 aromatic rings. The van der Waals surface area contributed by atoms with Crippen molar-refractivity contribution in [3.63, 3.8) is 0 Å². The van der Waals surface area contributed by atoms with E-state index >= 15 is 0 Å². The molecule has 0 bridgehead atoms. The zero-order valence-electron chi connectivity index (χ0n) is 12.9. The molecule has 3 heteroatoms. The summed E-state index contributed by atoms with van der Waals surface area (Å²) < 4.78 is 1.18. The Balaban J connectivity index is 2.12. The number of hydrogen-bond acceptors (Lipinski definition) is 2. The van der Waals surface area contributed by atoms with Crippen molar-refractivity contribution < 1.29 is 0 Å². The second-order valence-electron chi connectivity index (χ2n) is 6.42. The van der Waals surface area contributed by atoms with Gasteiger partial charge in [0.1, 0.15) is 0 Å². The first kappa shape index (κ1) is 15.8. The molecule has 2 nitrogen and oxygen atoms in total. The summed E-state index contributed by atoms with van der Waals surface area (Å²) in [6.07, 6.45) is 3.97. The highest BCUT2D eigenvalue weighted by atomic mass is 79.9. The first-order valence-electron chi connectivity index (χ1n) is 7.79. The molecule has 1 saturated heterocycles. The van der Waals surface area contributed by atoms with E-state index in [-0.39, 0.29) is 6.04 Å². The lowest BCUT2D eigenvalue weighted by molar-refractivity contribution is 0.351. The molecule has 1 aliphatic heterocycles. The zero-order chi connectivity index (χ0) is 14.7. The number of nitrogens with zero attached hydrogens (tertiary/aromatic N) is 1. The Kier molecular flexibility index (Phi) is 5.50. The summed E-state index contributed by atoms with van der Waals surface area (Å²) in [5.41, 5.74) is 8.46. The van der Waals surface area contributed by atoms with Crippen molar-refractivity contribution in [2.75, 3.05) is 18.0 Å². The van der Waals surface area contributed by atoms with Gasteiger partial charge in [-0.25, -0.2) is 0 Å². The summed E-state index contributed by atoms with van der Waals surface area (Å²) in [5.74, 6) is 1.68. The Hall–Kier alpha value is -0.540. The van der Waals surface area contributed by atoms with Crippen LogP contribution < -0.4 is 10.6 Å². The van der Waals surface area contributed by atoms with E-state index in [1.165, 1.54) is 48.1 Å². The second-order valence-corrected chi connectivity index (χ2v) is 7.28. The summed E-state index contributed by atoms with van der Waals surface area (Å²) in [5, 5.41) is 0. The van der Waals surface area contributed by atoms with Crippen molar-refractivity contribution in [2.24, 2.45) is 17.6 Å². The minimum atomic E-state index is 0.0924. The van der Waals surface area contributed by atoms with E-state index in [2.05, 4.69) is 52.9 Å². The number of nitrogens with two attached hydrogens (primary N) is 1. The van der Waals surface area contributed by atoms with E-state index in [9.17, 15) is 0 Å². The van der Waals surface area contributed by atoms with Crippen molar-refractivity contribution in [3.05, 3.63) is 28.2 Å². The molecule has 1 unspecified atom stereocenters. The normalized spacial score (nSPS) is 21.9. The average molecular weight is 339 g/mol. The van der Waals surface area contributed by atoms with Crippen LogP contribution in [0.4, 0.5) is 5.69 Å². The van der Waals surface area contributed by atoms with Crippen molar-refractivity contribution in [1.82, 2.24) is 0 Å². The molecule has 0 spiro atoms. The van der Waals surface area contributed by atoms with Gasteiger partial charge in [0.05, 0.1) is 5.69 Å². The van der Waals surface area contributed by atoms with E-state index in [4.69, 9.17) is 5.73 Å². The molecule has 1 aliphatic rings. The van der Waals surface area contributed by atoms with Gasteiger partial charge in [0.15, 0.2) is 0 Å². The summed E-state index contributed by atoms with van der Waals surface area (Å²) in [6, 6.07) is 6.65. The fourth-order valence-electron chi connectivity index (χ4n) is 3.09. The quantitative estimate of drug-likeness (QED) is 0.862. The SMILES string of the molecule is CC(C)C1CCCN(c2ccc([C@@H](C)N)cc2Br)CC1. The molecular formula is C17H27BrN2. The van der Waals surface area contributed by atoms with Crippen molar-refractivity contribution >= 4 is 21.6 Å². The Morgan fingerprint density at radius 2 is 1.95 bits per heavy atom. The molecule has 0 amide bonds. The molecule has 2 rings (SSSR count). The number of halogens is 1. The van der Waals surface area contributed by atoms with Gasteiger partial charge >= 0.3 is 0 Å². The molecule has 112 valence electrons. The average Bonchev–Trinajstić information content (AvgIpc) is 2.64. The smallest absolute Gasteiger partial charge is 0.0510 e. The minimum absolute atomic E-state index is 0.0924. The third kappa shape index (κ3) is 3.76. The van der Waals surface area contributed by atoms with Crippen LogP contribution in [0.3, 0.4) is 0 Å². The largest absolute Gasteiger partial charge is 0.371 e. The van der Waals surface area contributed by atoms with E-state index in [0.29, 0.717) is 0 Å². The van der Waals surface area contributed by atoms with Crippen LogP contribution in [0.15, 0.2) is 22.7 Å².